The highest BCUT2D eigenvalue weighted by Gasteiger charge is 2.34. The number of fused-ring (bicyclic) bond motifs is 1. The van der Waals surface area contributed by atoms with E-state index in [-0.39, 0.29) is 5.54 Å². The summed E-state index contributed by atoms with van der Waals surface area (Å²) in [4.78, 5) is 8.08. The normalized spacial score (nSPS) is 26.0. The summed E-state index contributed by atoms with van der Waals surface area (Å²) in [5.41, 5.74) is 8.05. The molecule has 21 heavy (non-hydrogen) atoms. The van der Waals surface area contributed by atoms with E-state index in [1.54, 1.807) is 14.2 Å². The Morgan fingerprint density at radius 1 is 1.19 bits per heavy atom. The highest BCUT2D eigenvalue weighted by molar-refractivity contribution is 5.80. The minimum absolute atomic E-state index is 0.341. The zero-order valence-electron chi connectivity index (χ0n) is 12.9. The van der Waals surface area contributed by atoms with Gasteiger partial charge in [-0.25, -0.2) is 4.98 Å². The van der Waals surface area contributed by atoms with E-state index < -0.39 is 0 Å². The Hall–Kier alpha value is -1.75. The maximum atomic E-state index is 6.59. The molecule has 1 aliphatic carbocycles. The molecule has 0 unspecified atom stereocenters. The minimum atomic E-state index is -0.341. The second-order valence-corrected chi connectivity index (χ2v) is 6.15. The summed E-state index contributed by atoms with van der Waals surface area (Å²) in [6, 6.07) is 3.81. The van der Waals surface area contributed by atoms with Crippen LogP contribution in [0.3, 0.4) is 0 Å². The van der Waals surface area contributed by atoms with Crippen molar-refractivity contribution >= 4 is 11.0 Å². The number of ether oxygens (including phenoxy) is 2. The Bertz CT molecular complexity index is 601. The predicted octanol–water partition coefficient (Wildman–Crippen LogP) is 2.94. The van der Waals surface area contributed by atoms with Gasteiger partial charge >= 0.3 is 0 Å². The predicted molar refractivity (Wildman–Crippen MR) is 82.7 cm³/mol. The summed E-state index contributed by atoms with van der Waals surface area (Å²) in [6.07, 6.45) is 4.25. The maximum Gasteiger partial charge on any atom is 0.163 e. The van der Waals surface area contributed by atoms with Crippen LogP contribution >= 0.6 is 0 Å². The van der Waals surface area contributed by atoms with Crippen LogP contribution in [0.25, 0.3) is 11.0 Å². The molecule has 1 aliphatic rings. The van der Waals surface area contributed by atoms with E-state index in [0.717, 1.165) is 48.5 Å². The van der Waals surface area contributed by atoms with Crippen LogP contribution in [-0.2, 0) is 5.54 Å². The largest absolute Gasteiger partial charge is 0.493 e. The van der Waals surface area contributed by atoms with Crippen molar-refractivity contribution in [3.8, 4) is 11.5 Å². The molecule has 0 radical (unpaired) electrons. The van der Waals surface area contributed by atoms with Crippen LogP contribution < -0.4 is 15.2 Å². The second-order valence-electron chi connectivity index (χ2n) is 6.15. The zero-order chi connectivity index (χ0) is 15.0. The van der Waals surface area contributed by atoms with Gasteiger partial charge in [-0.3, -0.25) is 0 Å². The number of aromatic nitrogens is 2. The van der Waals surface area contributed by atoms with Crippen molar-refractivity contribution in [2.45, 2.75) is 38.1 Å². The van der Waals surface area contributed by atoms with E-state index in [4.69, 9.17) is 20.2 Å². The number of nitrogens with one attached hydrogen (secondary N) is 1. The smallest absolute Gasteiger partial charge is 0.163 e. The molecule has 0 amide bonds. The van der Waals surface area contributed by atoms with Gasteiger partial charge in [0.2, 0.25) is 0 Å². The highest BCUT2D eigenvalue weighted by atomic mass is 16.5. The van der Waals surface area contributed by atoms with Crippen molar-refractivity contribution in [2.75, 3.05) is 14.2 Å². The van der Waals surface area contributed by atoms with Gasteiger partial charge in [0.1, 0.15) is 5.82 Å². The molecule has 1 aromatic carbocycles. The lowest BCUT2D eigenvalue weighted by molar-refractivity contribution is 0.238. The third-order valence-corrected chi connectivity index (χ3v) is 4.63. The number of methoxy groups -OCH3 is 2. The zero-order valence-corrected chi connectivity index (χ0v) is 12.9. The van der Waals surface area contributed by atoms with Gasteiger partial charge in [0.15, 0.2) is 11.5 Å². The number of imidazole rings is 1. The van der Waals surface area contributed by atoms with E-state index in [9.17, 15) is 0 Å². The standard InChI is InChI=1S/C16H23N3O2/c1-10-4-6-16(17,7-5-10)15-18-11-8-13(20-2)14(21-3)9-12(11)19-15/h8-10H,4-7,17H2,1-3H3,(H,18,19). The molecule has 1 heterocycles. The van der Waals surface area contributed by atoms with Gasteiger partial charge in [-0.2, -0.15) is 0 Å². The first-order chi connectivity index (χ1) is 10.1. The lowest BCUT2D eigenvalue weighted by Gasteiger charge is -2.34. The summed E-state index contributed by atoms with van der Waals surface area (Å²) in [7, 11) is 3.26. The van der Waals surface area contributed by atoms with E-state index in [2.05, 4.69) is 11.9 Å². The number of H-pyrrole nitrogens is 1. The van der Waals surface area contributed by atoms with E-state index in [0.29, 0.717) is 11.5 Å². The van der Waals surface area contributed by atoms with Crippen LogP contribution in [-0.4, -0.2) is 24.2 Å². The van der Waals surface area contributed by atoms with Crippen LogP contribution in [0, 0.1) is 5.92 Å². The fraction of sp³-hybridized carbons (Fsp3) is 0.562. The van der Waals surface area contributed by atoms with Gasteiger partial charge in [0.25, 0.3) is 0 Å². The molecule has 1 fully saturated rings. The summed E-state index contributed by atoms with van der Waals surface area (Å²) in [5, 5.41) is 0. The summed E-state index contributed by atoms with van der Waals surface area (Å²) >= 11 is 0. The van der Waals surface area contributed by atoms with Crippen LogP contribution in [0.4, 0.5) is 0 Å². The molecular formula is C16H23N3O2. The van der Waals surface area contributed by atoms with Crippen LogP contribution in [0.15, 0.2) is 12.1 Å². The van der Waals surface area contributed by atoms with Crippen LogP contribution in [0.1, 0.15) is 38.4 Å². The molecule has 0 atom stereocenters. The first kappa shape index (κ1) is 14.2. The number of nitrogens with zero attached hydrogens (tertiary/aromatic N) is 1. The minimum Gasteiger partial charge on any atom is -0.493 e. The quantitative estimate of drug-likeness (QED) is 0.911. The summed E-state index contributed by atoms with van der Waals surface area (Å²) in [6.45, 7) is 2.29. The Morgan fingerprint density at radius 3 is 2.43 bits per heavy atom. The van der Waals surface area contributed by atoms with Gasteiger partial charge in [-0.15, -0.1) is 0 Å². The van der Waals surface area contributed by atoms with Gasteiger partial charge < -0.3 is 20.2 Å². The van der Waals surface area contributed by atoms with Crippen LogP contribution in [0.5, 0.6) is 11.5 Å². The van der Waals surface area contributed by atoms with Gasteiger partial charge in [-0.1, -0.05) is 6.92 Å². The molecule has 114 valence electrons. The third kappa shape index (κ3) is 2.46. The Kier molecular flexibility index (Phi) is 3.53. The molecule has 5 nitrogen and oxygen atoms in total. The van der Waals surface area contributed by atoms with Crippen molar-refractivity contribution < 1.29 is 9.47 Å². The van der Waals surface area contributed by atoms with Crippen LogP contribution in [0.2, 0.25) is 0 Å². The monoisotopic (exact) mass is 289 g/mol. The molecule has 2 aromatic rings. The van der Waals surface area contributed by atoms with Gasteiger partial charge in [0, 0.05) is 12.1 Å². The maximum absolute atomic E-state index is 6.59. The summed E-state index contributed by atoms with van der Waals surface area (Å²) in [5.74, 6) is 3.01. The lowest BCUT2D eigenvalue weighted by Crippen LogP contribution is -2.41. The summed E-state index contributed by atoms with van der Waals surface area (Å²) < 4.78 is 10.7. The number of aromatic amines is 1. The number of hydrogen-bond donors (Lipinski definition) is 2. The molecule has 0 spiro atoms. The third-order valence-electron chi connectivity index (χ3n) is 4.63. The van der Waals surface area contributed by atoms with Crippen molar-refractivity contribution in [1.82, 2.24) is 9.97 Å². The number of nitrogens with two attached hydrogens (primary N) is 1. The van der Waals surface area contributed by atoms with Crippen molar-refractivity contribution in [1.29, 1.82) is 0 Å². The fourth-order valence-electron chi connectivity index (χ4n) is 3.09. The second kappa shape index (κ2) is 5.22. The average Bonchev–Trinajstić information content (AvgIpc) is 2.92. The molecule has 3 N–H and O–H groups in total. The number of hydrogen-bond acceptors (Lipinski definition) is 4. The number of rotatable bonds is 3. The Morgan fingerprint density at radius 2 is 1.81 bits per heavy atom. The average molecular weight is 289 g/mol. The SMILES string of the molecule is COc1cc2nc(C3(N)CCC(C)CC3)[nH]c2cc1OC. The Balaban J connectivity index is 2.01. The molecule has 1 saturated carbocycles. The van der Waals surface area contributed by atoms with E-state index in [1.165, 1.54) is 0 Å². The molecule has 5 heteroatoms. The van der Waals surface area contributed by atoms with Crippen molar-refractivity contribution in [2.24, 2.45) is 11.7 Å². The highest BCUT2D eigenvalue weighted by Crippen LogP contribution is 2.38. The molecule has 3 rings (SSSR count). The van der Waals surface area contributed by atoms with E-state index >= 15 is 0 Å². The molecular weight excluding hydrogens is 266 g/mol. The first-order valence-corrected chi connectivity index (χ1v) is 7.47. The van der Waals surface area contributed by atoms with Gasteiger partial charge in [0.05, 0.1) is 30.8 Å². The lowest BCUT2D eigenvalue weighted by atomic mass is 9.77. The molecule has 0 saturated heterocycles. The topological polar surface area (TPSA) is 73.2 Å². The molecule has 0 aliphatic heterocycles. The molecule has 0 bridgehead atoms. The van der Waals surface area contributed by atoms with Crippen molar-refractivity contribution in [3.05, 3.63) is 18.0 Å². The van der Waals surface area contributed by atoms with Gasteiger partial charge in [-0.05, 0) is 31.6 Å². The Labute approximate surface area is 124 Å². The number of benzene rings is 1. The fourth-order valence-corrected chi connectivity index (χ4v) is 3.09. The van der Waals surface area contributed by atoms with E-state index in [1.807, 2.05) is 12.1 Å². The van der Waals surface area contributed by atoms with Crippen molar-refractivity contribution in [3.63, 3.8) is 0 Å². The first-order valence-electron chi connectivity index (χ1n) is 7.47. The molecule has 1 aromatic heterocycles.